The zero-order valence-corrected chi connectivity index (χ0v) is 18.0. The lowest BCUT2D eigenvalue weighted by Gasteiger charge is -2.64. The van der Waals surface area contributed by atoms with Gasteiger partial charge in [-0.05, 0) is 68.6 Å². The maximum absolute atomic E-state index is 6.67. The van der Waals surface area contributed by atoms with E-state index < -0.39 is 0 Å². The van der Waals surface area contributed by atoms with Crippen molar-refractivity contribution in [3.63, 3.8) is 0 Å². The van der Waals surface area contributed by atoms with E-state index >= 15 is 0 Å². The van der Waals surface area contributed by atoms with Gasteiger partial charge in [0.2, 0.25) is 5.90 Å². The Labute approximate surface area is 169 Å². The molecule has 0 spiro atoms. The molecule has 150 valence electrons. The van der Waals surface area contributed by atoms with Crippen molar-refractivity contribution in [3.05, 3.63) is 35.4 Å². The van der Waals surface area contributed by atoms with Crippen LogP contribution in [-0.2, 0) is 14.0 Å². The summed E-state index contributed by atoms with van der Waals surface area (Å²) in [5.74, 6) is 2.28. The zero-order chi connectivity index (χ0) is 19.9. The highest BCUT2D eigenvalue weighted by molar-refractivity contribution is 6.47. The summed E-state index contributed by atoms with van der Waals surface area (Å²) in [6.45, 7) is 14.1. The van der Waals surface area contributed by atoms with Gasteiger partial charge in [-0.1, -0.05) is 32.9 Å². The molecule has 4 fully saturated rings. The summed E-state index contributed by atoms with van der Waals surface area (Å²) in [6, 6.07) is 8.51. The van der Waals surface area contributed by atoms with E-state index in [1.165, 1.54) is 12.0 Å². The molecule has 4 nitrogen and oxygen atoms in total. The van der Waals surface area contributed by atoms with Crippen LogP contribution in [0.5, 0.6) is 0 Å². The van der Waals surface area contributed by atoms with Crippen LogP contribution in [0.25, 0.3) is 0 Å². The molecule has 0 amide bonds. The summed E-state index contributed by atoms with van der Waals surface area (Å²) >= 11 is 0. The van der Waals surface area contributed by atoms with Gasteiger partial charge in [0.25, 0.3) is 0 Å². The first-order valence-corrected chi connectivity index (χ1v) is 10.8. The standard InChI is InChI=1S/C23H32BNO3/c1-14(15-8-7-9-16(10-15)20-25-21(2,3)13-26-20)24-27-19-12-17-11-18(22(17,4)5)23(19,6)28-24/h7-10,14,17-19H,11-13H2,1-6H3/t14-,17?,18?,19?,23+/m1/s1. The summed E-state index contributed by atoms with van der Waals surface area (Å²) in [7, 11) is -0.191. The van der Waals surface area contributed by atoms with Crippen LogP contribution in [0, 0.1) is 17.3 Å². The molecule has 3 aliphatic carbocycles. The topological polar surface area (TPSA) is 40.0 Å². The van der Waals surface area contributed by atoms with Gasteiger partial charge in [0.15, 0.2) is 0 Å². The Morgan fingerprint density at radius 1 is 1.14 bits per heavy atom. The highest BCUT2D eigenvalue weighted by Crippen LogP contribution is 2.66. The highest BCUT2D eigenvalue weighted by atomic mass is 16.7. The zero-order valence-electron chi connectivity index (χ0n) is 18.0. The van der Waals surface area contributed by atoms with Crippen LogP contribution in [0.15, 0.2) is 29.3 Å². The number of hydrogen-bond donors (Lipinski definition) is 0. The normalized spacial score (nSPS) is 38.3. The molecule has 5 atom stereocenters. The number of benzene rings is 1. The average Bonchev–Trinajstić information content (AvgIpc) is 3.19. The predicted molar refractivity (Wildman–Crippen MR) is 112 cm³/mol. The third-order valence-corrected chi connectivity index (χ3v) is 8.00. The molecule has 3 saturated carbocycles. The van der Waals surface area contributed by atoms with Crippen molar-refractivity contribution >= 4 is 13.0 Å². The fourth-order valence-corrected chi connectivity index (χ4v) is 5.96. The number of hydrogen-bond acceptors (Lipinski definition) is 4. The van der Waals surface area contributed by atoms with Crippen LogP contribution in [0.3, 0.4) is 0 Å². The van der Waals surface area contributed by atoms with Crippen molar-refractivity contribution < 1.29 is 14.0 Å². The lowest BCUT2D eigenvalue weighted by atomic mass is 9.43. The van der Waals surface area contributed by atoms with Crippen LogP contribution in [-0.4, -0.2) is 36.9 Å². The second kappa shape index (κ2) is 5.85. The quantitative estimate of drug-likeness (QED) is 0.718. The first kappa shape index (κ1) is 18.7. The Bertz CT molecular complexity index is 835. The largest absolute Gasteiger partial charge is 0.475 e. The molecular formula is C23H32BNO3. The summed E-state index contributed by atoms with van der Waals surface area (Å²) in [4.78, 5) is 4.72. The molecule has 1 aromatic carbocycles. The third-order valence-electron chi connectivity index (χ3n) is 8.00. The van der Waals surface area contributed by atoms with E-state index in [2.05, 4.69) is 65.8 Å². The molecule has 1 saturated heterocycles. The second-order valence-electron chi connectivity index (χ2n) is 10.8. The van der Waals surface area contributed by atoms with Crippen molar-refractivity contribution in [1.29, 1.82) is 0 Å². The number of ether oxygens (including phenoxy) is 1. The maximum atomic E-state index is 6.67. The van der Waals surface area contributed by atoms with Crippen LogP contribution in [0.2, 0.25) is 0 Å². The van der Waals surface area contributed by atoms with Gasteiger partial charge in [-0.3, -0.25) is 0 Å². The molecule has 28 heavy (non-hydrogen) atoms. The third kappa shape index (κ3) is 2.62. The van der Waals surface area contributed by atoms with Crippen molar-refractivity contribution in [2.75, 3.05) is 6.61 Å². The van der Waals surface area contributed by atoms with E-state index in [9.17, 15) is 0 Å². The Morgan fingerprint density at radius 3 is 2.61 bits per heavy atom. The highest BCUT2D eigenvalue weighted by Gasteiger charge is 2.68. The van der Waals surface area contributed by atoms with Gasteiger partial charge in [0.1, 0.15) is 6.61 Å². The smallest absolute Gasteiger partial charge is 0.465 e. The van der Waals surface area contributed by atoms with Gasteiger partial charge >= 0.3 is 7.12 Å². The first-order valence-electron chi connectivity index (χ1n) is 10.8. The molecule has 1 aromatic rings. The van der Waals surface area contributed by atoms with Crippen molar-refractivity contribution in [3.8, 4) is 0 Å². The molecule has 6 rings (SSSR count). The molecule has 3 unspecified atom stereocenters. The van der Waals surface area contributed by atoms with Gasteiger partial charge < -0.3 is 14.0 Å². The van der Waals surface area contributed by atoms with Crippen molar-refractivity contribution in [2.45, 2.75) is 77.4 Å². The summed E-state index contributed by atoms with van der Waals surface area (Å²) in [6.07, 6.45) is 2.64. The minimum Gasteiger partial charge on any atom is -0.475 e. The van der Waals surface area contributed by atoms with Crippen molar-refractivity contribution in [2.24, 2.45) is 22.2 Å². The number of nitrogens with zero attached hydrogens (tertiary/aromatic N) is 1. The molecule has 2 heterocycles. The SMILES string of the molecule is C[C@@H](B1OC2CC3CC(C3(C)C)[C@]2(C)O1)c1cccc(C2=NC(C)(C)CO2)c1. The molecule has 2 bridgehead atoms. The number of aliphatic imine (C=N–C) groups is 1. The second-order valence-corrected chi connectivity index (χ2v) is 10.8. The monoisotopic (exact) mass is 381 g/mol. The maximum Gasteiger partial charge on any atom is 0.465 e. The van der Waals surface area contributed by atoms with Crippen molar-refractivity contribution in [1.82, 2.24) is 0 Å². The minimum atomic E-state index is -0.191. The van der Waals surface area contributed by atoms with E-state index in [0.717, 1.165) is 23.8 Å². The van der Waals surface area contributed by atoms with Gasteiger partial charge in [-0.25, -0.2) is 4.99 Å². The lowest BCUT2D eigenvalue weighted by molar-refractivity contribution is -0.199. The van der Waals surface area contributed by atoms with E-state index in [-0.39, 0.29) is 30.2 Å². The summed E-state index contributed by atoms with van der Waals surface area (Å²) in [5, 5.41) is 0. The van der Waals surface area contributed by atoms with Crippen LogP contribution in [0.4, 0.5) is 0 Å². The van der Waals surface area contributed by atoms with E-state index in [1.54, 1.807) is 0 Å². The predicted octanol–water partition coefficient (Wildman–Crippen LogP) is 4.61. The molecule has 5 aliphatic rings. The number of rotatable bonds is 3. The fraction of sp³-hybridized carbons (Fsp3) is 0.696. The molecule has 0 N–H and O–H groups in total. The van der Waals surface area contributed by atoms with Crippen LogP contribution < -0.4 is 0 Å². The Kier molecular flexibility index (Phi) is 3.91. The average molecular weight is 381 g/mol. The van der Waals surface area contributed by atoms with Crippen LogP contribution in [0.1, 0.15) is 71.3 Å². The first-order chi connectivity index (χ1) is 13.1. The van der Waals surface area contributed by atoms with E-state index in [4.69, 9.17) is 19.0 Å². The van der Waals surface area contributed by atoms with Gasteiger partial charge in [-0.2, -0.15) is 0 Å². The molecule has 2 aliphatic heterocycles. The van der Waals surface area contributed by atoms with Gasteiger partial charge in [0.05, 0.1) is 17.2 Å². The fourth-order valence-electron chi connectivity index (χ4n) is 5.96. The van der Waals surface area contributed by atoms with E-state index in [0.29, 0.717) is 17.9 Å². The Morgan fingerprint density at radius 2 is 1.93 bits per heavy atom. The molecule has 0 radical (unpaired) electrons. The minimum absolute atomic E-state index is 0.146. The lowest BCUT2D eigenvalue weighted by Crippen LogP contribution is -2.65. The summed E-state index contributed by atoms with van der Waals surface area (Å²) in [5.41, 5.74) is 2.33. The molecule has 5 heteroatoms. The molecule has 0 aromatic heterocycles. The molecular weight excluding hydrogens is 349 g/mol. The Hall–Kier alpha value is -1.33. The van der Waals surface area contributed by atoms with Gasteiger partial charge in [0, 0.05) is 11.4 Å². The Balaban J connectivity index is 1.37. The summed E-state index contributed by atoms with van der Waals surface area (Å²) < 4.78 is 19.0. The van der Waals surface area contributed by atoms with Crippen LogP contribution >= 0.6 is 0 Å². The van der Waals surface area contributed by atoms with Gasteiger partial charge in [-0.15, -0.1) is 0 Å². The van der Waals surface area contributed by atoms with E-state index in [1.807, 2.05) is 0 Å².